The Labute approximate surface area is 191 Å². The number of furan rings is 1. The summed E-state index contributed by atoms with van der Waals surface area (Å²) in [6.45, 7) is 3.42. The van der Waals surface area contributed by atoms with E-state index < -0.39 is 15.9 Å². The number of sulfonamides is 1. The van der Waals surface area contributed by atoms with Gasteiger partial charge in [-0.1, -0.05) is 18.2 Å². The first-order chi connectivity index (χ1) is 15.7. The van der Waals surface area contributed by atoms with Gasteiger partial charge in [-0.3, -0.25) is 4.79 Å². The highest BCUT2D eigenvalue weighted by Gasteiger charge is 2.23. The molecule has 0 bridgehead atoms. The number of methoxy groups -OCH3 is 2. The second kappa shape index (κ2) is 8.76. The smallest absolute Gasteiger partial charge is 0.255 e. The lowest BCUT2D eigenvalue weighted by molar-refractivity contribution is 0.102. The second-order valence-corrected chi connectivity index (χ2v) is 9.43. The van der Waals surface area contributed by atoms with Crippen LogP contribution in [0.3, 0.4) is 0 Å². The van der Waals surface area contributed by atoms with E-state index in [-0.39, 0.29) is 22.3 Å². The molecule has 0 spiro atoms. The molecule has 0 fully saturated rings. The molecule has 0 unspecified atom stereocenters. The fraction of sp³-hybridized carbons (Fsp3) is 0.208. The van der Waals surface area contributed by atoms with Crippen molar-refractivity contribution in [2.45, 2.75) is 24.8 Å². The van der Waals surface area contributed by atoms with Gasteiger partial charge in [0.05, 0.1) is 19.9 Å². The molecule has 2 N–H and O–H groups in total. The van der Waals surface area contributed by atoms with Crippen molar-refractivity contribution in [3.05, 3.63) is 60.2 Å². The van der Waals surface area contributed by atoms with E-state index in [1.54, 1.807) is 26.0 Å². The molecule has 0 aliphatic rings. The molecule has 8 nitrogen and oxygen atoms in total. The summed E-state index contributed by atoms with van der Waals surface area (Å²) in [5.74, 6) is 0.0821. The Morgan fingerprint density at radius 1 is 0.909 bits per heavy atom. The molecular weight excluding hydrogens is 444 g/mol. The topological polar surface area (TPSA) is 107 Å². The number of ether oxygens (including phenoxy) is 2. The minimum Gasteiger partial charge on any atom is -0.495 e. The normalized spacial score (nSPS) is 11.8. The third-order valence-electron chi connectivity index (χ3n) is 5.05. The van der Waals surface area contributed by atoms with Gasteiger partial charge in [0.15, 0.2) is 0 Å². The van der Waals surface area contributed by atoms with E-state index in [0.717, 1.165) is 16.4 Å². The molecule has 4 rings (SSSR count). The molecule has 4 aromatic rings. The van der Waals surface area contributed by atoms with E-state index in [2.05, 4.69) is 10.0 Å². The van der Waals surface area contributed by atoms with Gasteiger partial charge in [-0.25, -0.2) is 13.1 Å². The number of para-hydroxylation sites is 1. The van der Waals surface area contributed by atoms with Crippen LogP contribution < -0.4 is 19.5 Å². The Bertz CT molecular complexity index is 1460. The Kier molecular flexibility index (Phi) is 6.01. The van der Waals surface area contributed by atoms with Crippen LogP contribution in [0.2, 0.25) is 0 Å². The standard InChI is InChI=1S/C24H24N2O6S/c1-14(2)26-33(28,29)23-11-15(9-10-20(23)30-3)24(27)25-18-13-21-17(12-22(18)31-4)16-7-5-6-8-19(16)32-21/h5-14,26H,1-4H3,(H,25,27). The molecule has 3 aromatic carbocycles. The van der Waals surface area contributed by atoms with E-state index in [0.29, 0.717) is 17.0 Å². The lowest BCUT2D eigenvalue weighted by Crippen LogP contribution is -2.30. The maximum Gasteiger partial charge on any atom is 0.255 e. The first-order valence-corrected chi connectivity index (χ1v) is 11.7. The average Bonchev–Trinajstić information content (AvgIpc) is 3.14. The van der Waals surface area contributed by atoms with Crippen molar-refractivity contribution in [3.63, 3.8) is 0 Å². The van der Waals surface area contributed by atoms with Gasteiger partial charge in [0.25, 0.3) is 5.91 Å². The number of fused-ring (bicyclic) bond motifs is 3. The molecular formula is C24H24N2O6S. The summed E-state index contributed by atoms with van der Waals surface area (Å²) in [7, 11) is -1.00. The summed E-state index contributed by atoms with van der Waals surface area (Å²) in [5, 5.41) is 4.59. The number of nitrogens with one attached hydrogen (secondary N) is 2. The number of carbonyl (C=O) groups is 1. The Morgan fingerprint density at radius 2 is 1.64 bits per heavy atom. The Balaban J connectivity index is 1.72. The van der Waals surface area contributed by atoms with E-state index in [1.807, 2.05) is 24.3 Å². The summed E-state index contributed by atoms with van der Waals surface area (Å²) in [6, 6.07) is 15.0. The van der Waals surface area contributed by atoms with Crippen LogP contribution in [0.1, 0.15) is 24.2 Å². The zero-order valence-electron chi connectivity index (χ0n) is 18.6. The first-order valence-electron chi connectivity index (χ1n) is 10.2. The molecule has 0 saturated carbocycles. The zero-order chi connectivity index (χ0) is 23.8. The molecule has 1 aromatic heterocycles. The van der Waals surface area contributed by atoms with Crippen LogP contribution in [0.5, 0.6) is 11.5 Å². The maximum atomic E-state index is 13.0. The van der Waals surface area contributed by atoms with Crippen LogP contribution in [0.4, 0.5) is 5.69 Å². The predicted octanol–water partition coefficient (Wildman–Crippen LogP) is 4.54. The number of benzene rings is 3. The van der Waals surface area contributed by atoms with Gasteiger partial charge in [0.2, 0.25) is 10.0 Å². The minimum absolute atomic E-state index is 0.119. The van der Waals surface area contributed by atoms with Crippen LogP contribution in [0, 0.1) is 0 Å². The highest BCUT2D eigenvalue weighted by molar-refractivity contribution is 7.89. The van der Waals surface area contributed by atoms with Crippen molar-refractivity contribution in [1.29, 1.82) is 0 Å². The first kappa shape index (κ1) is 22.6. The van der Waals surface area contributed by atoms with Crippen molar-refractivity contribution >= 4 is 43.6 Å². The predicted molar refractivity (Wildman–Crippen MR) is 127 cm³/mol. The van der Waals surface area contributed by atoms with Crippen LogP contribution in [-0.2, 0) is 10.0 Å². The Morgan fingerprint density at radius 3 is 2.33 bits per heavy atom. The van der Waals surface area contributed by atoms with Crippen molar-refractivity contribution in [1.82, 2.24) is 4.72 Å². The van der Waals surface area contributed by atoms with Crippen LogP contribution in [0.25, 0.3) is 21.9 Å². The van der Waals surface area contributed by atoms with Crippen molar-refractivity contribution in [2.24, 2.45) is 0 Å². The molecule has 0 radical (unpaired) electrons. The minimum atomic E-state index is -3.88. The van der Waals surface area contributed by atoms with Crippen molar-refractivity contribution in [3.8, 4) is 11.5 Å². The summed E-state index contributed by atoms with van der Waals surface area (Å²) in [5.41, 5.74) is 1.85. The number of carbonyl (C=O) groups excluding carboxylic acids is 1. The molecule has 0 atom stereocenters. The summed E-state index contributed by atoms with van der Waals surface area (Å²) in [6.07, 6.45) is 0. The van der Waals surface area contributed by atoms with E-state index in [9.17, 15) is 13.2 Å². The summed E-state index contributed by atoms with van der Waals surface area (Å²) in [4.78, 5) is 12.9. The van der Waals surface area contributed by atoms with Gasteiger partial charge in [0.1, 0.15) is 27.6 Å². The zero-order valence-corrected chi connectivity index (χ0v) is 19.4. The number of hydrogen-bond acceptors (Lipinski definition) is 6. The third-order valence-corrected chi connectivity index (χ3v) is 6.73. The number of amides is 1. The SMILES string of the molecule is COc1cc2c(cc1NC(=O)c1ccc(OC)c(S(=O)(=O)NC(C)C)c1)oc1ccccc12. The fourth-order valence-electron chi connectivity index (χ4n) is 3.61. The number of rotatable bonds is 7. The molecule has 1 amide bonds. The molecule has 33 heavy (non-hydrogen) atoms. The highest BCUT2D eigenvalue weighted by atomic mass is 32.2. The number of hydrogen-bond donors (Lipinski definition) is 2. The lowest BCUT2D eigenvalue weighted by Gasteiger charge is -2.15. The van der Waals surface area contributed by atoms with Gasteiger partial charge in [-0.2, -0.15) is 0 Å². The quantitative estimate of drug-likeness (QED) is 0.412. The summed E-state index contributed by atoms with van der Waals surface area (Å²) >= 11 is 0. The highest BCUT2D eigenvalue weighted by Crippen LogP contribution is 2.36. The van der Waals surface area contributed by atoms with Gasteiger partial charge in [0, 0.05) is 28.4 Å². The Hall–Kier alpha value is -3.56. The largest absolute Gasteiger partial charge is 0.495 e. The van der Waals surface area contributed by atoms with E-state index in [1.165, 1.54) is 32.4 Å². The lowest BCUT2D eigenvalue weighted by atomic mass is 10.1. The second-order valence-electron chi connectivity index (χ2n) is 7.74. The van der Waals surface area contributed by atoms with Gasteiger partial charge >= 0.3 is 0 Å². The summed E-state index contributed by atoms with van der Waals surface area (Å²) < 4.78 is 44.6. The van der Waals surface area contributed by atoms with Gasteiger partial charge in [-0.05, 0) is 44.2 Å². The molecule has 0 aliphatic heterocycles. The van der Waals surface area contributed by atoms with Crippen LogP contribution >= 0.6 is 0 Å². The third kappa shape index (κ3) is 4.37. The fourth-order valence-corrected chi connectivity index (χ4v) is 5.06. The molecule has 0 aliphatic carbocycles. The van der Waals surface area contributed by atoms with E-state index in [4.69, 9.17) is 13.9 Å². The van der Waals surface area contributed by atoms with E-state index >= 15 is 0 Å². The molecule has 9 heteroatoms. The molecule has 1 heterocycles. The van der Waals surface area contributed by atoms with Crippen molar-refractivity contribution in [2.75, 3.05) is 19.5 Å². The van der Waals surface area contributed by atoms with Crippen molar-refractivity contribution < 1.29 is 27.1 Å². The number of anilines is 1. The molecule has 0 saturated heterocycles. The monoisotopic (exact) mass is 468 g/mol. The van der Waals surface area contributed by atoms with Crippen LogP contribution in [0.15, 0.2) is 63.9 Å². The maximum absolute atomic E-state index is 13.0. The van der Waals surface area contributed by atoms with Crippen LogP contribution in [-0.4, -0.2) is 34.6 Å². The van der Waals surface area contributed by atoms with Gasteiger partial charge < -0.3 is 19.2 Å². The average molecular weight is 469 g/mol. The van der Waals surface area contributed by atoms with Gasteiger partial charge in [-0.15, -0.1) is 0 Å². The molecule has 172 valence electrons.